The molecule has 1 nitrogen and oxygen atoms in total. The highest BCUT2D eigenvalue weighted by Crippen LogP contribution is 2.03. The third kappa shape index (κ3) is 6.09. The third-order valence-electron chi connectivity index (χ3n) is 1.71. The molecule has 1 rings (SSSR count). The lowest BCUT2D eigenvalue weighted by molar-refractivity contribution is 0.516. The van der Waals surface area contributed by atoms with E-state index in [1.807, 2.05) is 13.8 Å². The normalized spacial score (nSPS) is 19.8. The van der Waals surface area contributed by atoms with Gasteiger partial charge in [-0.25, -0.2) is 0 Å². The van der Waals surface area contributed by atoms with Gasteiger partial charge in [0, 0.05) is 0 Å². The van der Waals surface area contributed by atoms with Gasteiger partial charge < -0.3 is 5.32 Å². The molecule has 0 aromatic carbocycles. The van der Waals surface area contributed by atoms with E-state index < -0.39 is 0 Å². The highest BCUT2D eigenvalue weighted by Gasteiger charge is 1.94. The van der Waals surface area contributed by atoms with Crippen LogP contribution in [0.4, 0.5) is 0 Å². The maximum absolute atomic E-state index is 3.39. The minimum absolute atomic E-state index is 1.25. The van der Waals surface area contributed by atoms with E-state index in [2.05, 4.69) is 5.32 Å². The van der Waals surface area contributed by atoms with Gasteiger partial charge in [0.25, 0.3) is 0 Å². The van der Waals surface area contributed by atoms with Gasteiger partial charge in [0.15, 0.2) is 0 Å². The van der Waals surface area contributed by atoms with Crippen LogP contribution < -0.4 is 5.32 Å². The number of hydrogen-bond donors (Lipinski definition) is 1. The Balaban J connectivity index is 0.000000371. The van der Waals surface area contributed by atoms with Crippen LogP contribution in [0.5, 0.6) is 0 Å². The molecular formula is C9H21N. The summed E-state index contributed by atoms with van der Waals surface area (Å²) in [6.45, 7) is 6.50. The Morgan fingerprint density at radius 3 is 1.60 bits per heavy atom. The van der Waals surface area contributed by atoms with Crippen LogP contribution in [0.1, 0.15) is 46.0 Å². The second-order valence-corrected chi connectivity index (χ2v) is 2.52. The molecule has 0 aromatic rings. The lowest BCUT2D eigenvalue weighted by atomic mass is 10.1. The molecule has 62 valence electrons. The van der Waals surface area contributed by atoms with Crippen molar-refractivity contribution in [2.45, 2.75) is 46.0 Å². The summed E-state index contributed by atoms with van der Waals surface area (Å²) in [7, 11) is 0. The van der Waals surface area contributed by atoms with Crippen molar-refractivity contribution >= 4 is 0 Å². The van der Waals surface area contributed by atoms with Crippen molar-refractivity contribution in [1.82, 2.24) is 5.32 Å². The summed E-state index contributed by atoms with van der Waals surface area (Å²) in [4.78, 5) is 0. The molecule has 0 radical (unpaired) electrons. The lowest BCUT2D eigenvalue weighted by Gasteiger charge is -2.08. The topological polar surface area (TPSA) is 12.0 Å². The van der Waals surface area contributed by atoms with E-state index in [1.54, 1.807) is 0 Å². The summed E-state index contributed by atoms with van der Waals surface area (Å²) < 4.78 is 0. The van der Waals surface area contributed by atoms with Crippen molar-refractivity contribution in [3.8, 4) is 0 Å². The maximum atomic E-state index is 3.39. The molecule has 0 aliphatic carbocycles. The monoisotopic (exact) mass is 143 g/mol. The van der Waals surface area contributed by atoms with E-state index in [9.17, 15) is 0 Å². The van der Waals surface area contributed by atoms with Crippen LogP contribution in [0.15, 0.2) is 0 Å². The zero-order valence-electron chi connectivity index (χ0n) is 7.45. The molecule has 0 bridgehead atoms. The zero-order chi connectivity index (χ0) is 7.66. The molecule has 1 aliphatic rings. The standard InChI is InChI=1S/C7H15N.C2H6/c1-2-4-6-8-7-5-3-1;1-2/h8H,1-7H2;1-2H3. The summed E-state index contributed by atoms with van der Waals surface area (Å²) in [5, 5.41) is 3.39. The summed E-state index contributed by atoms with van der Waals surface area (Å²) in [5.74, 6) is 0. The fraction of sp³-hybridized carbons (Fsp3) is 1.00. The van der Waals surface area contributed by atoms with Gasteiger partial charge >= 0.3 is 0 Å². The summed E-state index contributed by atoms with van der Waals surface area (Å²) >= 11 is 0. The zero-order valence-corrected chi connectivity index (χ0v) is 7.45. The Kier molecular flexibility index (Phi) is 8.92. The number of nitrogens with one attached hydrogen (secondary N) is 1. The van der Waals surface area contributed by atoms with Crippen LogP contribution in [0, 0.1) is 0 Å². The molecule has 10 heavy (non-hydrogen) atoms. The molecule has 0 amide bonds. The van der Waals surface area contributed by atoms with Crippen LogP contribution in [0.25, 0.3) is 0 Å². The molecule has 0 atom stereocenters. The summed E-state index contributed by atoms with van der Waals surface area (Å²) in [5.41, 5.74) is 0. The average Bonchev–Trinajstić information content (AvgIpc) is 1.90. The van der Waals surface area contributed by atoms with E-state index in [4.69, 9.17) is 0 Å². The molecule has 0 aromatic heterocycles. The van der Waals surface area contributed by atoms with Crippen molar-refractivity contribution in [3.63, 3.8) is 0 Å². The van der Waals surface area contributed by atoms with Crippen LogP contribution in [-0.4, -0.2) is 13.1 Å². The predicted molar refractivity (Wildman–Crippen MR) is 47.3 cm³/mol. The first-order chi connectivity index (χ1) is 5.00. The smallest absolute Gasteiger partial charge is 0.00489 e. The molecule has 0 spiro atoms. The number of hydrogen-bond acceptors (Lipinski definition) is 1. The first kappa shape index (κ1) is 9.96. The molecule has 1 heteroatoms. The van der Waals surface area contributed by atoms with Crippen molar-refractivity contribution in [2.75, 3.05) is 13.1 Å². The van der Waals surface area contributed by atoms with E-state index in [-0.39, 0.29) is 0 Å². The number of rotatable bonds is 0. The molecule has 1 aliphatic heterocycles. The fourth-order valence-corrected chi connectivity index (χ4v) is 1.16. The van der Waals surface area contributed by atoms with Gasteiger partial charge in [-0.2, -0.15) is 0 Å². The molecule has 1 N–H and O–H groups in total. The summed E-state index contributed by atoms with van der Waals surface area (Å²) in [6, 6.07) is 0. The van der Waals surface area contributed by atoms with Crippen molar-refractivity contribution in [1.29, 1.82) is 0 Å². The van der Waals surface area contributed by atoms with Crippen LogP contribution in [-0.2, 0) is 0 Å². The van der Waals surface area contributed by atoms with Gasteiger partial charge in [0.1, 0.15) is 0 Å². The van der Waals surface area contributed by atoms with Crippen molar-refractivity contribution in [3.05, 3.63) is 0 Å². The maximum Gasteiger partial charge on any atom is -0.00489 e. The third-order valence-corrected chi connectivity index (χ3v) is 1.71. The van der Waals surface area contributed by atoms with Gasteiger partial charge in [-0.1, -0.05) is 33.1 Å². The van der Waals surface area contributed by atoms with Crippen LogP contribution in [0.2, 0.25) is 0 Å². The van der Waals surface area contributed by atoms with Gasteiger partial charge in [-0.05, 0) is 25.9 Å². The SMILES string of the molecule is C1CCCNCCC1.CC. The van der Waals surface area contributed by atoms with Gasteiger partial charge in [-0.3, -0.25) is 0 Å². The van der Waals surface area contributed by atoms with Gasteiger partial charge in [0.2, 0.25) is 0 Å². The minimum atomic E-state index is 1.25. The van der Waals surface area contributed by atoms with E-state index in [0.29, 0.717) is 0 Å². The van der Waals surface area contributed by atoms with Gasteiger partial charge in [0.05, 0.1) is 0 Å². The van der Waals surface area contributed by atoms with E-state index in [1.165, 1.54) is 45.2 Å². The molecular weight excluding hydrogens is 122 g/mol. The van der Waals surface area contributed by atoms with Crippen molar-refractivity contribution < 1.29 is 0 Å². The second-order valence-electron chi connectivity index (χ2n) is 2.52. The van der Waals surface area contributed by atoms with Crippen LogP contribution >= 0.6 is 0 Å². The molecule has 1 heterocycles. The summed E-state index contributed by atoms with van der Waals surface area (Å²) in [6.07, 6.45) is 7.11. The molecule has 1 saturated heterocycles. The average molecular weight is 143 g/mol. The first-order valence-corrected chi connectivity index (χ1v) is 4.71. The Hall–Kier alpha value is -0.0400. The highest BCUT2D eigenvalue weighted by atomic mass is 14.8. The lowest BCUT2D eigenvalue weighted by Crippen LogP contribution is -2.18. The Labute approximate surface area is 65.2 Å². The Bertz CT molecular complexity index is 28.7. The Morgan fingerprint density at radius 1 is 0.700 bits per heavy atom. The van der Waals surface area contributed by atoms with E-state index >= 15 is 0 Å². The Morgan fingerprint density at radius 2 is 1.10 bits per heavy atom. The van der Waals surface area contributed by atoms with Gasteiger partial charge in [-0.15, -0.1) is 0 Å². The van der Waals surface area contributed by atoms with Crippen LogP contribution in [0.3, 0.4) is 0 Å². The first-order valence-electron chi connectivity index (χ1n) is 4.71. The molecule has 0 unspecified atom stereocenters. The minimum Gasteiger partial charge on any atom is -0.317 e. The van der Waals surface area contributed by atoms with Crippen molar-refractivity contribution in [2.24, 2.45) is 0 Å². The quantitative estimate of drug-likeness (QED) is 0.549. The molecule has 1 fully saturated rings. The second kappa shape index (κ2) is 8.96. The highest BCUT2D eigenvalue weighted by molar-refractivity contribution is 4.54. The molecule has 0 saturated carbocycles. The van der Waals surface area contributed by atoms with E-state index in [0.717, 1.165) is 0 Å². The largest absolute Gasteiger partial charge is 0.317 e. The fourth-order valence-electron chi connectivity index (χ4n) is 1.16. The predicted octanol–water partition coefficient (Wildman–Crippen LogP) is 2.57.